The van der Waals surface area contributed by atoms with Crippen molar-refractivity contribution in [2.24, 2.45) is 0 Å². The van der Waals surface area contributed by atoms with E-state index in [2.05, 4.69) is 31.3 Å². The Morgan fingerprint density at radius 3 is 2.68 bits per heavy atom. The van der Waals surface area contributed by atoms with Gasteiger partial charge in [0.15, 0.2) is 0 Å². The van der Waals surface area contributed by atoms with Gasteiger partial charge < -0.3 is 10.1 Å². The van der Waals surface area contributed by atoms with Crippen LogP contribution < -0.4 is 10.1 Å². The lowest BCUT2D eigenvalue weighted by atomic mass is 10.1. The van der Waals surface area contributed by atoms with Crippen molar-refractivity contribution in [3.05, 3.63) is 59.2 Å². The zero-order chi connectivity index (χ0) is 18.1. The molecule has 0 aromatic heterocycles. The Bertz CT molecular complexity index is 748. The monoisotopic (exact) mass is 354 g/mol. The van der Waals surface area contributed by atoms with E-state index in [4.69, 9.17) is 10.00 Å². The van der Waals surface area contributed by atoms with Crippen LogP contribution in [0.15, 0.2) is 42.5 Å². The largest absolute Gasteiger partial charge is 0.494 e. The molecule has 2 aromatic carbocycles. The first-order chi connectivity index (χ1) is 12.1. The van der Waals surface area contributed by atoms with Crippen molar-refractivity contribution in [2.75, 3.05) is 23.4 Å². The maximum atomic E-state index is 11.9. The fraction of sp³-hybridized carbons (Fsp3) is 0.300. The topological polar surface area (TPSA) is 62.1 Å². The van der Waals surface area contributed by atoms with Gasteiger partial charge >= 0.3 is 0 Å². The second-order valence-corrected chi connectivity index (χ2v) is 6.92. The van der Waals surface area contributed by atoms with Gasteiger partial charge in [-0.2, -0.15) is 17.0 Å². The van der Waals surface area contributed by atoms with Gasteiger partial charge in [-0.05, 0) is 67.5 Å². The van der Waals surface area contributed by atoms with E-state index in [1.54, 1.807) is 36.0 Å². The zero-order valence-electron chi connectivity index (χ0n) is 14.5. The molecule has 2 aromatic rings. The molecule has 0 aliphatic rings. The van der Waals surface area contributed by atoms with Crippen LogP contribution in [0.1, 0.15) is 23.1 Å². The van der Waals surface area contributed by atoms with E-state index in [-0.39, 0.29) is 5.91 Å². The van der Waals surface area contributed by atoms with Crippen molar-refractivity contribution in [1.29, 1.82) is 5.26 Å². The van der Waals surface area contributed by atoms with E-state index in [0.29, 0.717) is 23.6 Å². The van der Waals surface area contributed by atoms with Gasteiger partial charge in [0.05, 0.1) is 24.0 Å². The minimum absolute atomic E-state index is 0.0599. The number of nitrogens with zero attached hydrogens (tertiary/aromatic N) is 1. The van der Waals surface area contributed by atoms with Crippen LogP contribution in [0.2, 0.25) is 0 Å². The number of nitrogens with one attached hydrogen (secondary N) is 1. The molecule has 0 saturated carbocycles. The maximum absolute atomic E-state index is 11.9. The Hall–Kier alpha value is -2.45. The molecule has 25 heavy (non-hydrogen) atoms. The number of amides is 1. The highest BCUT2D eigenvalue weighted by atomic mass is 32.2. The summed E-state index contributed by atoms with van der Waals surface area (Å²) in [5, 5.41) is 11.7. The molecule has 0 aliphatic carbocycles. The van der Waals surface area contributed by atoms with E-state index >= 15 is 0 Å². The lowest BCUT2D eigenvalue weighted by Crippen LogP contribution is -2.14. The van der Waals surface area contributed by atoms with Crippen LogP contribution in [0, 0.1) is 25.2 Å². The second kappa shape index (κ2) is 9.75. The molecule has 0 unspecified atom stereocenters. The van der Waals surface area contributed by atoms with Gasteiger partial charge in [0.25, 0.3) is 0 Å². The average molecular weight is 354 g/mol. The summed E-state index contributed by atoms with van der Waals surface area (Å²) in [6.45, 7) is 4.75. The van der Waals surface area contributed by atoms with Crippen LogP contribution in [0.5, 0.6) is 5.75 Å². The summed E-state index contributed by atoms with van der Waals surface area (Å²) >= 11 is 1.57. The summed E-state index contributed by atoms with van der Waals surface area (Å²) in [5.41, 5.74) is 3.58. The molecule has 1 N–H and O–H groups in total. The van der Waals surface area contributed by atoms with Crippen molar-refractivity contribution in [3.63, 3.8) is 0 Å². The fourth-order valence-electron chi connectivity index (χ4n) is 2.40. The molecular formula is C20H22N2O2S. The second-order valence-electron chi connectivity index (χ2n) is 5.82. The Balaban J connectivity index is 1.62. The SMILES string of the molecule is Cc1cc(C)cc(OCCCSCC(=O)Nc2cccc(C#N)c2)c1. The standard InChI is InChI=1S/C20H22N2O2S/c1-15-9-16(2)11-19(10-15)24-7-4-8-25-14-20(23)22-18-6-3-5-17(12-18)13-21/h3,5-6,9-12H,4,7-8,14H2,1-2H3,(H,22,23). The molecule has 0 spiro atoms. The predicted molar refractivity (Wildman–Crippen MR) is 103 cm³/mol. The van der Waals surface area contributed by atoms with Crippen molar-refractivity contribution in [2.45, 2.75) is 20.3 Å². The summed E-state index contributed by atoms with van der Waals surface area (Å²) in [6, 6.07) is 15.1. The normalized spacial score (nSPS) is 10.1. The van der Waals surface area contributed by atoms with Gasteiger partial charge in [0.1, 0.15) is 5.75 Å². The van der Waals surface area contributed by atoms with Gasteiger partial charge in [-0.25, -0.2) is 0 Å². The van der Waals surface area contributed by atoms with E-state index in [1.807, 2.05) is 12.1 Å². The zero-order valence-corrected chi connectivity index (χ0v) is 15.4. The molecule has 2 rings (SSSR count). The van der Waals surface area contributed by atoms with Crippen LogP contribution in [0.4, 0.5) is 5.69 Å². The number of carbonyl (C=O) groups is 1. The number of hydrogen-bond donors (Lipinski definition) is 1. The summed E-state index contributed by atoms with van der Waals surface area (Å²) in [7, 11) is 0. The van der Waals surface area contributed by atoms with Crippen molar-refractivity contribution in [1.82, 2.24) is 0 Å². The van der Waals surface area contributed by atoms with Crippen molar-refractivity contribution >= 4 is 23.4 Å². The van der Waals surface area contributed by atoms with Crippen LogP contribution >= 0.6 is 11.8 Å². The average Bonchev–Trinajstić information content (AvgIpc) is 2.57. The van der Waals surface area contributed by atoms with Crippen LogP contribution in [0.3, 0.4) is 0 Å². The smallest absolute Gasteiger partial charge is 0.234 e. The Morgan fingerprint density at radius 2 is 1.96 bits per heavy atom. The van der Waals surface area contributed by atoms with Crippen LogP contribution in [-0.4, -0.2) is 24.0 Å². The quantitative estimate of drug-likeness (QED) is 0.717. The number of rotatable bonds is 8. The Kier molecular flexibility index (Phi) is 7.36. The highest BCUT2D eigenvalue weighted by Gasteiger charge is 2.03. The minimum Gasteiger partial charge on any atom is -0.494 e. The molecule has 4 nitrogen and oxygen atoms in total. The van der Waals surface area contributed by atoms with Gasteiger partial charge in [-0.1, -0.05) is 12.1 Å². The molecule has 0 bridgehead atoms. The number of thioether (sulfide) groups is 1. The molecule has 5 heteroatoms. The third kappa shape index (κ3) is 6.90. The fourth-order valence-corrected chi connectivity index (χ4v) is 3.12. The number of nitriles is 1. The third-order valence-electron chi connectivity index (χ3n) is 3.41. The molecule has 0 fully saturated rings. The molecular weight excluding hydrogens is 332 g/mol. The lowest BCUT2D eigenvalue weighted by Gasteiger charge is -2.08. The van der Waals surface area contributed by atoms with E-state index in [1.165, 1.54) is 11.1 Å². The number of anilines is 1. The number of aryl methyl sites for hydroxylation is 2. The summed E-state index contributed by atoms with van der Waals surface area (Å²) in [6.07, 6.45) is 0.884. The number of ether oxygens (including phenoxy) is 1. The Morgan fingerprint density at radius 1 is 1.20 bits per heavy atom. The van der Waals surface area contributed by atoms with Crippen LogP contribution in [-0.2, 0) is 4.79 Å². The molecule has 0 atom stereocenters. The van der Waals surface area contributed by atoms with Gasteiger partial charge in [0, 0.05) is 5.69 Å². The number of carbonyl (C=O) groups excluding carboxylic acids is 1. The van der Waals surface area contributed by atoms with Gasteiger partial charge in [0.2, 0.25) is 5.91 Å². The molecule has 0 radical (unpaired) electrons. The number of benzene rings is 2. The molecule has 130 valence electrons. The lowest BCUT2D eigenvalue weighted by molar-refractivity contribution is -0.113. The van der Waals surface area contributed by atoms with E-state index in [9.17, 15) is 4.79 Å². The molecule has 1 amide bonds. The summed E-state index contributed by atoms with van der Waals surface area (Å²) in [4.78, 5) is 11.9. The summed E-state index contributed by atoms with van der Waals surface area (Å²) < 4.78 is 5.75. The van der Waals surface area contributed by atoms with E-state index in [0.717, 1.165) is 17.9 Å². The Labute approximate surface area is 153 Å². The minimum atomic E-state index is -0.0599. The maximum Gasteiger partial charge on any atom is 0.234 e. The first kappa shape index (κ1) is 18.9. The van der Waals surface area contributed by atoms with Crippen molar-refractivity contribution in [3.8, 4) is 11.8 Å². The molecule has 0 aliphatic heterocycles. The number of hydrogen-bond acceptors (Lipinski definition) is 4. The van der Waals surface area contributed by atoms with E-state index < -0.39 is 0 Å². The highest BCUT2D eigenvalue weighted by Crippen LogP contribution is 2.17. The summed E-state index contributed by atoms with van der Waals surface area (Å²) in [5.74, 6) is 2.09. The predicted octanol–water partition coefficient (Wildman–Crippen LogP) is 4.32. The molecule has 0 saturated heterocycles. The first-order valence-electron chi connectivity index (χ1n) is 8.15. The highest BCUT2D eigenvalue weighted by molar-refractivity contribution is 7.99. The van der Waals surface area contributed by atoms with Gasteiger partial charge in [-0.3, -0.25) is 4.79 Å². The van der Waals surface area contributed by atoms with Crippen molar-refractivity contribution < 1.29 is 9.53 Å². The first-order valence-corrected chi connectivity index (χ1v) is 9.31. The molecule has 0 heterocycles. The van der Waals surface area contributed by atoms with Crippen LogP contribution in [0.25, 0.3) is 0 Å². The third-order valence-corrected chi connectivity index (χ3v) is 4.45. The van der Waals surface area contributed by atoms with Gasteiger partial charge in [-0.15, -0.1) is 0 Å².